The third kappa shape index (κ3) is 5.78. The topological polar surface area (TPSA) is 63.6 Å². The van der Waals surface area contributed by atoms with Gasteiger partial charge >= 0.3 is 10.4 Å². The van der Waals surface area contributed by atoms with Crippen LogP contribution in [0, 0.1) is 58.2 Å². The molecule has 0 spiro atoms. The van der Waals surface area contributed by atoms with Gasteiger partial charge in [-0.25, -0.2) is 4.18 Å². The minimum absolute atomic E-state index is 0.0554. The SMILES string of the molecule is C=C1CCC2(C)C(C1)C[C@@H](C)C1C2CC[C@@]2(C)C1CCC2[C@H](C)CCC(OS(=O)(=O)O)C(C)C.CC. The second-order valence-corrected chi connectivity index (χ2v) is 14.8. The smallest absolute Gasteiger partial charge is 0.264 e. The Morgan fingerprint density at radius 2 is 1.67 bits per heavy atom. The molecular formula is C31H56O4S. The van der Waals surface area contributed by atoms with Crippen LogP contribution >= 0.6 is 0 Å². The van der Waals surface area contributed by atoms with Gasteiger partial charge in [0.05, 0.1) is 6.10 Å². The van der Waals surface area contributed by atoms with Crippen molar-refractivity contribution in [2.75, 3.05) is 0 Å². The summed E-state index contributed by atoms with van der Waals surface area (Å²) in [7, 11) is -4.41. The molecule has 0 bridgehead atoms. The van der Waals surface area contributed by atoms with E-state index < -0.39 is 16.5 Å². The largest absolute Gasteiger partial charge is 0.397 e. The Labute approximate surface area is 223 Å². The molecule has 36 heavy (non-hydrogen) atoms. The van der Waals surface area contributed by atoms with E-state index in [-0.39, 0.29) is 5.92 Å². The molecule has 7 unspecified atom stereocenters. The number of rotatable bonds is 7. The summed E-state index contributed by atoms with van der Waals surface area (Å²) in [5.74, 6) is 5.48. The highest BCUT2D eigenvalue weighted by Crippen LogP contribution is 2.69. The minimum atomic E-state index is -4.41. The zero-order valence-electron chi connectivity index (χ0n) is 24.6. The zero-order valence-corrected chi connectivity index (χ0v) is 25.4. The van der Waals surface area contributed by atoms with Crippen LogP contribution in [-0.2, 0) is 14.6 Å². The highest BCUT2D eigenvalue weighted by atomic mass is 32.3. The molecule has 4 rings (SSSR count). The third-order valence-corrected chi connectivity index (χ3v) is 12.1. The lowest BCUT2D eigenvalue weighted by Crippen LogP contribution is -2.55. The van der Waals surface area contributed by atoms with E-state index >= 15 is 0 Å². The van der Waals surface area contributed by atoms with Gasteiger partial charge < -0.3 is 0 Å². The summed E-state index contributed by atoms with van der Waals surface area (Å²) >= 11 is 0. The first-order valence-corrected chi connectivity index (χ1v) is 16.4. The van der Waals surface area contributed by atoms with Gasteiger partial charge in [0.1, 0.15) is 0 Å². The number of allylic oxidation sites excluding steroid dienone is 1. The van der Waals surface area contributed by atoms with Gasteiger partial charge in [0.25, 0.3) is 0 Å². The van der Waals surface area contributed by atoms with Crippen molar-refractivity contribution in [3.8, 4) is 0 Å². The molecular weight excluding hydrogens is 468 g/mol. The van der Waals surface area contributed by atoms with Gasteiger partial charge in [-0.05, 0) is 122 Å². The van der Waals surface area contributed by atoms with Crippen LogP contribution < -0.4 is 0 Å². The summed E-state index contributed by atoms with van der Waals surface area (Å²) in [6.45, 7) is 22.5. The number of fused-ring (bicyclic) bond motifs is 5. The van der Waals surface area contributed by atoms with Crippen molar-refractivity contribution >= 4 is 10.4 Å². The zero-order chi connectivity index (χ0) is 27.1. The Hall–Kier alpha value is -0.390. The monoisotopic (exact) mass is 524 g/mol. The molecule has 5 heteroatoms. The molecule has 1 N–H and O–H groups in total. The number of hydrogen-bond donors (Lipinski definition) is 1. The second kappa shape index (κ2) is 11.4. The lowest BCUT2D eigenvalue weighted by Gasteiger charge is -2.63. The molecule has 0 aliphatic heterocycles. The van der Waals surface area contributed by atoms with Gasteiger partial charge in [-0.15, -0.1) is 0 Å². The van der Waals surface area contributed by atoms with Crippen molar-refractivity contribution in [3.63, 3.8) is 0 Å². The fraction of sp³-hybridized carbons (Fsp3) is 0.935. The van der Waals surface area contributed by atoms with Gasteiger partial charge in [0.15, 0.2) is 0 Å². The molecule has 0 aromatic rings. The van der Waals surface area contributed by atoms with Crippen LogP contribution in [0.4, 0.5) is 0 Å². The van der Waals surface area contributed by atoms with Crippen molar-refractivity contribution in [3.05, 3.63) is 12.2 Å². The second-order valence-electron chi connectivity index (χ2n) is 13.7. The Kier molecular flexibility index (Phi) is 9.53. The summed E-state index contributed by atoms with van der Waals surface area (Å²) in [6, 6.07) is 0. The predicted octanol–water partition coefficient (Wildman–Crippen LogP) is 8.73. The van der Waals surface area contributed by atoms with Crippen LogP contribution in [0.15, 0.2) is 12.2 Å². The maximum atomic E-state index is 11.3. The van der Waals surface area contributed by atoms with E-state index in [1.54, 1.807) is 0 Å². The van der Waals surface area contributed by atoms with E-state index in [0.717, 1.165) is 36.0 Å². The number of hydrogen-bond acceptors (Lipinski definition) is 3. The summed E-state index contributed by atoms with van der Waals surface area (Å²) in [4.78, 5) is 0. The normalized spacial score (nSPS) is 42.0. The first-order valence-electron chi connectivity index (χ1n) is 15.1. The molecule has 4 nitrogen and oxygen atoms in total. The van der Waals surface area contributed by atoms with Crippen LogP contribution in [-0.4, -0.2) is 19.1 Å². The van der Waals surface area contributed by atoms with Gasteiger partial charge in [-0.2, -0.15) is 8.42 Å². The fourth-order valence-corrected chi connectivity index (χ4v) is 10.4. The molecule has 0 aromatic heterocycles. The maximum Gasteiger partial charge on any atom is 0.397 e. The highest BCUT2D eigenvalue weighted by Gasteiger charge is 2.61. The summed E-state index contributed by atoms with van der Waals surface area (Å²) in [5.41, 5.74) is 2.38. The van der Waals surface area contributed by atoms with Crippen molar-refractivity contribution in [2.45, 2.75) is 126 Å². The van der Waals surface area contributed by atoms with Crippen LogP contribution in [0.1, 0.15) is 120 Å². The maximum absolute atomic E-state index is 11.3. The Morgan fingerprint density at radius 1 is 1.03 bits per heavy atom. The molecule has 210 valence electrons. The summed E-state index contributed by atoms with van der Waals surface area (Å²) < 4.78 is 36.9. The van der Waals surface area contributed by atoms with Crippen molar-refractivity contribution < 1.29 is 17.2 Å². The lowest BCUT2D eigenvalue weighted by atomic mass is 9.42. The van der Waals surface area contributed by atoms with Gasteiger partial charge in [-0.1, -0.05) is 67.5 Å². The van der Waals surface area contributed by atoms with Crippen molar-refractivity contribution in [1.29, 1.82) is 0 Å². The van der Waals surface area contributed by atoms with Crippen LogP contribution in [0.3, 0.4) is 0 Å². The van der Waals surface area contributed by atoms with E-state index in [1.165, 1.54) is 56.9 Å². The van der Waals surface area contributed by atoms with Crippen LogP contribution in [0.5, 0.6) is 0 Å². The molecule has 0 amide bonds. The van der Waals surface area contributed by atoms with E-state index in [0.29, 0.717) is 29.1 Å². The first kappa shape index (κ1) is 30.2. The average Bonchev–Trinajstić information content (AvgIpc) is 3.15. The lowest BCUT2D eigenvalue weighted by molar-refractivity contribution is -0.132. The van der Waals surface area contributed by atoms with Crippen molar-refractivity contribution in [2.24, 2.45) is 58.2 Å². The highest BCUT2D eigenvalue weighted by molar-refractivity contribution is 7.80. The minimum Gasteiger partial charge on any atom is -0.264 e. The van der Waals surface area contributed by atoms with Gasteiger partial charge in [-0.3, -0.25) is 4.55 Å². The molecule has 10 atom stereocenters. The molecule has 0 heterocycles. The molecule has 4 aliphatic rings. The average molecular weight is 525 g/mol. The molecule has 4 saturated carbocycles. The van der Waals surface area contributed by atoms with Gasteiger partial charge in [0.2, 0.25) is 0 Å². The van der Waals surface area contributed by atoms with Crippen LogP contribution in [0.25, 0.3) is 0 Å². The van der Waals surface area contributed by atoms with E-state index in [2.05, 4.69) is 34.3 Å². The molecule has 0 saturated heterocycles. The Bertz CT molecular complexity index is 866. The molecule has 4 aliphatic carbocycles. The first-order chi connectivity index (χ1) is 16.8. The standard InChI is InChI=1S/C29H50O4S.C2H6/c1-18(2)26(33-34(30,31)32)11-8-20(4)23-9-10-24-27-21(5)17-22-16-19(3)12-14-28(22,6)25(27)13-15-29(23,24)7;1-2/h18,20-27H,3,8-17H2,1-2,4-7H3,(H,30,31,32);1-2H3/t20-,21-,22?,23?,24?,25?,26?,27?,28?,29-;/m1./s1. The van der Waals surface area contributed by atoms with E-state index in [9.17, 15) is 13.0 Å². The Balaban J connectivity index is 0.00000176. The quantitative estimate of drug-likeness (QED) is 0.267. The summed E-state index contributed by atoms with van der Waals surface area (Å²) in [5, 5.41) is 0. The molecule has 0 radical (unpaired) electrons. The third-order valence-electron chi connectivity index (χ3n) is 11.6. The predicted molar refractivity (Wildman–Crippen MR) is 150 cm³/mol. The molecule has 0 aromatic carbocycles. The van der Waals surface area contributed by atoms with Crippen LogP contribution in [0.2, 0.25) is 0 Å². The fourth-order valence-electron chi connectivity index (χ4n) is 9.79. The van der Waals surface area contributed by atoms with Crippen molar-refractivity contribution in [1.82, 2.24) is 0 Å². The molecule has 4 fully saturated rings. The Morgan fingerprint density at radius 3 is 2.28 bits per heavy atom. The van der Waals surface area contributed by atoms with Gasteiger partial charge in [0, 0.05) is 0 Å². The summed E-state index contributed by atoms with van der Waals surface area (Å²) in [6.07, 6.45) is 11.8. The van der Waals surface area contributed by atoms with E-state index in [1.807, 2.05) is 27.7 Å². The van der Waals surface area contributed by atoms with E-state index in [4.69, 9.17) is 4.18 Å².